The molecular weight excluding hydrogens is 370 g/mol. The van der Waals surface area contributed by atoms with Crippen LogP contribution in [0.15, 0.2) is 0 Å². The van der Waals surface area contributed by atoms with Crippen molar-refractivity contribution in [1.29, 1.82) is 0 Å². The summed E-state index contributed by atoms with van der Waals surface area (Å²) in [5.74, 6) is 0.601. The summed E-state index contributed by atoms with van der Waals surface area (Å²) in [6.07, 6.45) is 8.30. The molecule has 0 radical (unpaired) electrons. The van der Waals surface area contributed by atoms with Crippen molar-refractivity contribution in [3.63, 3.8) is 0 Å². The number of methoxy groups -OCH3 is 1. The van der Waals surface area contributed by atoms with Gasteiger partial charge < -0.3 is 14.2 Å². The summed E-state index contributed by atoms with van der Waals surface area (Å²) in [7, 11) is 1.46. The van der Waals surface area contributed by atoms with Crippen LogP contribution in [0.4, 0.5) is 0 Å². The molecule has 4 fully saturated rings. The van der Waals surface area contributed by atoms with Gasteiger partial charge >= 0.3 is 11.9 Å². The lowest BCUT2D eigenvalue weighted by molar-refractivity contribution is -0.169. The zero-order valence-corrected chi connectivity index (χ0v) is 18.4. The van der Waals surface area contributed by atoms with Gasteiger partial charge in [-0.25, -0.2) is 0 Å². The van der Waals surface area contributed by atoms with Gasteiger partial charge in [0.15, 0.2) is 0 Å². The molecule has 29 heavy (non-hydrogen) atoms. The van der Waals surface area contributed by atoms with Crippen LogP contribution in [-0.2, 0) is 23.8 Å². The van der Waals surface area contributed by atoms with Crippen molar-refractivity contribution in [2.45, 2.75) is 96.1 Å². The minimum absolute atomic E-state index is 0.000802. The van der Waals surface area contributed by atoms with Crippen molar-refractivity contribution in [3.05, 3.63) is 0 Å². The molecule has 0 saturated carbocycles. The van der Waals surface area contributed by atoms with E-state index >= 15 is 0 Å². The predicted molar refractivity (Wildman–Crippen MR) is 108 cm³/mol. The van der Waals surface area contributed by atoms with Gasteiger partial charge in [-0.3, -0.25) is 14.5 Å². The lowest BCUT2D eigenvalue weighted by Crippen LogP contribution is -2.53. The summed E-state index contributed by atoms with van der Waals surface area (Å²) in [5.41, 5.74) is -0.249. The standard InChI is InChI=1S/C23H37NO5/c1-5-16-17-8-6-7-11-24-18(20-13-15(3)22(26)28-20)9-10-23(17,24)29-19(16)12-14(2)21(25)27-4/h14-20H,5-13H2,1-4H3. The Kier molecular flexibility index (Phi) is 5.95. The first-order valence-corrected chi connectivity index (χ1v) is 11.6. The summed E-state index contributed by atoms with van der Waals surface area (Å²) in [6, 6.07) is 0.263. The average molecular weight is 408 g/mol. The van der Waals surface area contributed by atoms with Gasteiger partial charge in [0.1, 0.15) is 11.8 Å². The maximum atomic E-state index is 12.0. The molecule has 0 aromatic heterocycles. The number of ether oxygens (including phenoxy) is 3. The van der Waals surface area contributed by atoms with Crippen molar-refractivity contribution in [2.75, 3.05) is 13.7 Å². The summed E-state index contributed by atoms with van der Waals surface area (Å²) >= 11 is 0. The molecule has 8 atom stereocenters. The van der Waals surface area contributed by atoms with Gasteiger partial charge in [-0.2, -0.15) is 0 Å². The Morgan fingerprint density at radius 1 is 1.34 bits per heavy atom. The molecule has 164 valence electrons. The summed E-state index contributed by atoms with van der Waals surface area (Å²) in [5, 5.41) is 0. The lowest BCUT2D eigenvalue weighted by Gasteiger charge is -2.41. The third-order valence-electron chi connectivity index (χ3n) is 8.12. The summed E-state index contributed by atoms with van der Waals surface area (Å²) < 4.78 is 17.7. The highest BCUT2D eigenvalue weighted by molar-refractivity contribution is 5.74. The van der Waals surface area contributed by atoms with Crippen molar-refractivity contribution >= 4 is 11.9 Å². The fraction of sp³-hybridized carbons (Fsp3) is 0.913. The maximum Gasteiger partial charge on any atom is 0.309 e. The summed E-state index contributed by atoms with van der Waals surface area (Å²) in [4.78, 5) is 26.7. The quantitative estimate of drug-likeness (QED) is 0.650. The van der Waals surface area contributed by atoms with Crippen LogP contribution in [0.25, 0.3) is 0 Å². The minimum Gasteiger partial charge on any atom is -0.469 e. The third kappa shape index (κ3) is 3.50. The topological polar surface area (TPSA) is 65.1 Å². The molecule has 1 spiro atoms. The number of hydrogen-bond donors (Lipinski definition) is 0. The number of nitrogens with zero attached hydrogens (tertiary/aromatic N) is 1. The Labute approximate surface area is 174 Å². The molecule has 4 rings (SSSR count). The molecule has 4 heterocycles. The number of cyclic esters (lactones) is 1. The number of esters is 2. The molecule has 0 amide bonds. The van der Waals surface area contributed by atoms with Gasteiger partial charge in [0.25, 0.3) is 0 Å². The van der Waals surface area contributed by atoms with Crippen LogP contribution in [-0.4, -0.2) is 54.5 Å². The second-order valence-electron chi connectivity index (χ2n) is 9.75. The maximum absolute atomic E-state index is 12.0. The van der Waals surface area contributed by atoms with Crippen molar-refractivity contribution in [2.24, 2.45) is 23.7 Å². The van der Waals surface area contributed by atoms with E-state index in [9.17, 15) is 9.59 Å². The molecule has 0 aliphatic carbocycles. The third-order valence-corrected chi connectivity index (χ3v) is 8.12. The van der Waals surface area contributed by atoms with Crippen molar-refractivity contribution in [3.8, 4) is 0 Å². The normalized spacial score (nSPS) is 43.4. The van der Waals surface area contributed by atoms with Gasteiger partial charge in [0, 0.05) is 18.5 Å². The van der Waals surface area contributed by atoms with Crippen LogP contribution in [0.2, 0.25) is 0 Å². The number of rotatable bonds is 5. The second-order valence-corrected chi connectivity index (χ2v) is 9.75. The lowest BCUT2D eigenvalue weighted by atomic mass is 9.77. The van der Waals surface area contributed by atoms with E-state index < -0.39 is 0 Å². The first-order valence-electron chi connectivity index (χ1n) is 11.6. The molecule has 4 aliphatic rings. The van der Waals surface area contributed by atoms with E-state index in [1.165, 1.54) is 26.4 Å². The fourth-order valence-corrected chi connectivity index (χ4v) is 6.73. The Bertz CT molecular complexity index is 639. The van der Waals surface area contributed by atoms with Crippen molar-refractivity contribution < 1.29 is 23.8 Å². The SMILES string of the molecule is CCC1C(CC(C)C(=O)OC)OC23CCC(C4CC(C)C(=O)O4)N2CCCCC13. The molecule has 0 bridgehead atoms. The van der Waals surface area contributed by atoms with E-state index in [1.54, 1.807) is 0 Å². The Hall–Kier alpha value is -1.14. The number of carbonyl (C=O) groups excluding carboxylic acids is 2. The molecule has 8 unspecified atom stereocenters. The highest BCUT2D eigenvalue weighted by Crippen LogP contribution is 2.56. The summed E-state index contributed by atoms with van der Waals surface area (Å²) in [6.45, 7) is 7.19. The molecule has 6 heteroatoms. The van der Waals surface area contributed by atoms with Gasteiger partial charge in [0.05, 0.1) is 25.0 Å². The van der Waals surface area contributed by atoms with E-state index in [2.05, 4.69) is 11.8 Å². The van der Waals surface area contributed by atoms with Crippen LogP contribution in [0.5, 0.6) is 0 Å². The van der Waals surface area contributed by atoms with Gasteiger partial charge in [0.2, 0.25) is 0 Å². The first-order chi connectivity index (χ1) is 13.9. The van der Waals surface area contributed by atoms with E-state index in [4.69, 9.17) is 14.2 Å². The van der Waals surface area contributed by atoms with Gasteiger partial charge in [-0.05, 0) is 44.4 Å². The molecular formula is C23H37NO5. The molecule has 0 aromatic carbocycles. The first kappa shape index (κ1) is 21.1. The van der Waals surface area contributed by atoms with Crippen molar-refractivity contribution in [1.82, 2.24) is 4.90 Å². The van der Waals surface area contributed by atoms with Crippen LogP contribution < -0.4 is 0 Å². The average Bonchev–Trinajstić information content (AvgIpc) is 3.29. The van der Waals surface area contributed by atoms with Crippen LogP contribution in [0.3, 0.4) is 0 Å². The van der Waals surface area contributed by atoms with Crippen LogP contribution in [0, 0.1) is 23.7 Å². The number of carbonyl (C=O) groups is 2. The fourth-order valence-electron chi connectivity index (χ4n) is 6.73. The van der Waals surface area contributed by atoms with E-state index in [-0.39, 0.29) is 47.7 Å². The highest BCUT2D eigenvalue weighted by Gasteiger charge is 2.62. The predicted octanol–water partition coefficient (Wildman–Crippen LogP) is 3.52. The monoisotopic (exact) mass is 407 g/mol. The Morgan fingerprint density at radius 3 is 2.79 bits per heavy atom. The Morgan fingerprint density at radius 2 is 2.14 bits per heavy atom. The van der Waals surface area contributed by atoms with Gasteiger partial charge in [-0.1, -0.05) is 33.6 Å². The molecule has 0 N–H and O–H groups in total. The highest BCUT2D eigenvalue weighted by atomic mass is 16.6. The Balaban J connectivity index is 1.58. The molecule has 6 nitrogen and oxygen atoms in total. The van der Waals surface area contributed by atoms with E-state index in [1.807, 2.05) is 13.8 Å². The van der Waals surface area contributed by atoms with E-state index in [0.717, 1.165) is 38.6 Å². The molecule has 4 saturated heterocycles. The largest absolute Gasteiger partial charge is 0.469 e. The number of hydrogen-bond acceptors (Lipinski definition) is 6. The van der Waals surface area contributed by atoms with E-state index in [0.29, 0.717) is 11.8 Å². The minimum atomic E-state index is -0.249. The zero-order valence-electron chi connectivity index (χ0n) is 18.4. The second kappa shape index (κ2) is 8.18. The molecule has 4 aliphatic heterocycles. The van der Waals surface area contributed by atoms with Gasteiger partial charge in [-0.15, -0.1) is 0 Å². The zero-order chi connectivity index (χ0) is 20.8. The van der Waals surface area contributed by atoms with Crippen LogP contribution >= 0.6 is 0 Å². The smallest absolute Gasteiger partial charge is 0.309 e. The van der Waals surface area contributed by atoms with Crippen LogP contribution in [0.1, 0.15) is 72.1 Å². The molecule has 0 aromatic rings.